The van der Waals surface area contributed by atoms with Crippen LogP contribution < -0.4 is 5.32 Å². The number of carbonyl (C=O) groups excluding carboxylic acids is 2. The summed E-state index contributed by atoms with van der Waals surface area (Å²) in [6, 6.07) is 11.6. The third-order valence-corrected chi connectivity index (χ3v) is 3.35. The molecule has 1 amide bonds. The Kier molecular flexibility index (Phi) is 4.60. The maximum Gasteiger partial charge on any atom is 0.338 e. The molecule has 2 aromatic carbocycles. The van der Waals surface area contributed by atoms with E-state index in [9.17, 15) is 9.59 Å². The Labute approximate surface area is 127 Å². The summed E-state index contributed by atoms with van der Waals surface area (Å²) >= 11 is 5.79. The summed E-state index contributed by atoms with van der Waals surface area (Å²) in [6.07, 6.45) is 0. The Bertz CT molecular complexity index is 680. The Morgan fingerprint density at radius 1 is 1.10 bits per heavy atom. The van der Waals surface area contributed by atoms with E-state index in [1.54, 1.807) is 49.4 Å². The van der Waals surface area contributed by atoms with Crippen molar-refractivity contribution < 1.29 is 14.3 Å². The summed E-state index contributed by atoms with van der Waals surface area (Å²) in [7, 11) is 1.32. The van der Waals surface area contributed by atoms with Crippen molar-refractivity contribution in [2.45, 2.75) is 6.92 Å². The zero-order valence-corrected chi connectivity index (χ0v) is 12.4. The summed E-state index contributed by atoms with van der Waals surface area (Å²) in [5, 5.41) is 3.34. The third-order valence-electron chi connectivity index (χ3n) is 3.09. The van der Waals surface area contributed by atoms with Crippen LogP contribution in [0.15, 0.2) is 42.5 Å². The fourth-order valence-corrected chi connectivity index (χ4v) is 2.02. The van der Waals surface area contributed by atoms with Crippen LogP contribution in [0.4, 0.5) is 5.69 Å². The molecule has 0 heterocycles. The van der Waals surface area contributed by atoms with Gasteiger partial charge in [-0.05, 0) is 48.9 Å². The number of ether oxygens (including phenoxy) is 1. The zero-order chi connectivity index (χ0) is 15.4. The van der Waals surface area contributed by atoms with E-state index in [0.29, 0.717) is 27.4 Å². The molecule has 0 aromatic heterocycles. The topological polar surface area (TPSA) is 55.4 Å². The van der Waals surface area contributed by atoms with Crippen molar-refractivity contribution in [2.75, 3.05) is 12.4 Å². The lowest BCUT2D eigenvalue weighted by molar-refractivity contribution is 0.0599. The lowest BCUT2D eigenvalue weighted by Crippen LogP contribution is -2.14. The second-order valence-electron chi connectivity index (χ2n) is 4.43. The van der Waals surface area contributed by atoms with Crippen LogP contribution in [0.25, 0.3) is 0 Å². The van der Waals surface area contributed by atoms with Gasteiger partial charge in [-0.1, -0.05) is 17.7 Å². The number of carbonyl (C=O) groups is 2. The van der Waals surface area contributed by atoms with E-state index in [1.807, 2.05) is 0 Å². The van der Waals surface area contributed by atoms with E-state index in [0.717, 1.165) is 0 Å². The minimum Gasteiger partial charge on any atom is -0.465 e. The highest BCUT2D eigenvalue weighted by atomic mass is 35.5. The van der Waals surface area contributed by atoms with Crippen molar-refractivity contribution >= 4 is 29.2 Å². The number of hydrogen-bond donors (Lipinski definition) is 1. The molecule has 0 bridgehead atoms. The van der Waals surface area contributed by atoms with Gasteiger partial charge in [-0.25, -0.2) is 4.79 Å². The lowest BCUT2D eigenvalue weighted by atomic mass is 10.1. The van der Waals surface area contributed by atoms with Crippen LogP contribution in [0, 0.1) is 6.92 Å². The van der Waals surface area contributed by atoms with Gasteiger partial charge < -0.3 is 10.1 Å². The van der Waals surface area contributed by atoms with Crippen molar-refractivity contribution in [1.29, 1.82) is 0 Å². The van der Waals surface area contributed by atoms with E-state index in [4.69, 9.17) is 16.3 Å². The van der Waals surface area contributed by atoms with Gasteiger partial charge in [0.2, 0.25) is 0 Å². The average Bonchev–Trinajstić information content (AvgIpc) is 2.49. The van der Waals surface area contributed by atoms with Gasteiger partial charge in [0, 0.05) is 16.3 Å². The van der Waals surface area contributed by atoms with E-state index in [2.05, 4.69) is 5.32 Å². The zero-order valence-electron chi connectivity index (χ0n) is 11.6. The fraction of sp³-hybridized carbons (Fsp3) is 0.125. The van der Waals surface area contributed by atoms with E-state index in [-0.39, 0.29) is 5.91 Å². The van der Waals surface area contributed by atoms with Gasteiger partial charge in [0.15, 0.2) is 0 Å². The van der Waals surface area contributed by atoms with Gasteiger partial charge in [0.25, 0.3) is 5.91 Å². The molecule has 0 aliphatic heterocycles. The smallest absolute Gasteiger partial charge is 0.338 e. The fourth-order valence-electron chi connectivity index (χ4n) is 1.90. The first-order chi connectivity index (χ1) is 10.0. The van der Waals surface area contributed by atoms with Crippen molar-refractivity contribution in [1.82, 2.24) is 0 Å². The summed E-state index contributed by atoms with van der Waals surface area (Å²) < 4.78 is 4.71. The molecule has 0 fully saturated rings. The molecule has 0 spiro atoms. The molecule has 0 saturated carbocycles. The third kappa shape index (κ3) is 3.41. The van der Waals surface area contributed by atoms with Gasteiger partial charge in [-0.3, -0.25) is 4.79 Å². The van der Waals surface area contributed by atoms with Crippen molar-refractivity contribution in [3.8, 4) is 0 Å². The summed E-state index contributed by atoms with van der Waals surface area (Å²) in [5.41, 5.74) is 2.14. The number of esters is 1. The highest BCUT2D eigenvalue weighted by molar-refractivity contribution is 6.30. The Morgan fingerprint density at radius 3 is 2.38 bits per heavy atom. The Morgan fingerprint density at radius 2 is 1.76 bits per heavy atom. The Balaban J connectivity index is 2.25. The van der Waals surface area contributed by atoms with Crippen molar-refractivity contribution in [3.63, 3.8) is 0 Å². The lowest BCUT2D eigenvalue weighted by Gasteiger charge is -2.11. The van der Waals surface area contributed by atoms with E-state index >= 15 is 0 Å². The number of hydrogen-bond acceptors (Lipinski definition) is 3. The molecule has 108 valence electrons. The van der Waals surface area contributed by atoms with Crippen molar-refractivity contribution in [3.05, 3.63) is 64.2 Å². The molecule has 2 aromatic rings. The molecule has 0 atom stereocenters. The maximum atomic E-state index is 12.2. The number of rotatable bonds is 3. The van der Waals surface area contributed by atoms with Gasteiger partial charge >= 0.3 is 5.97 Å². The van der Waals surface area contributed by atoms with Crippen LogP contribution in [0.5, 0.6) is 0 Å². The highest BCUT2D eigenvalue weighted by Gasteiger charge is 2.14. The monoisotopic (exact) mass is 303 g/mol. The largest absolute Gasteiger partial charge is 0.465 e. The summed E-state index contributed by atoms with van der Waals surface area (Å²) in [4.78, 5) is 23.8. The van der Waals surface area contributed by atoms with Gasteiger partial charge in [-0.15, -0.1) is 0 Å². The van der Waals surface area contributed by atoms with E-state index < -0.39 is 5.97 Å². The van der Waals surface area contributed by atoms with Gasteiger partial charge in [-0.2, -0.15) is 0 Å². The normalized spacial score (nSPS) is 10.0. The minimum atomic E-state index is -0.435. The molecule has 0 aliphatic rings. The summed E-state index contributed by atoms with van der Waals surface area (Å²) in [5.74, 6) is -0.702. The van der Waals surface area contributed by atoms with Crippen LogP contribution in [-0.2, 0) is 4.74 Å². The number of anilines is 1. The summed E-state index contributed by atoms with van der Waals surface area (Å²) in [6.45, 7) is 1.75. The molecule has 0 saturated heterocycles. The number of methoxy groups -OCH3 is 1. The van der Waals surface area contributed by atoms with Crippen LogP contribution in [0.2, 0.25) is 5.02 Å². The molecular formula is C16H14ClNO3. The minimum absolute atomic E-state index is 0.267. The molecule has 0 radical (unpaired) electrons. The van der Waals surface area contributed by atoms with E-state index in [1.165, 1.54) is 7.11 Å². The first-order valence-electron chi connectivity index (χ1n) is 6.27. The molecule has 0 aliphatic carbocycles. The molecule has 4 nitrogen and oxygen atoms in total. The molecular weight excluding hydrogens is 290 g/mol. The second kappa shape index (κ2) is 6.41. The predicted molar refractivity (Wildman–Crippen MR) is 81.9 cm³/mol. The SMILES string of the molecule is COC(=O)c1cccc(NC(=O)c2ccc(Cl)cc2)c1C. The second-order valence-corrected chi connectivity index (χ2v) is 4.87. The number of nitrogens with one attached hydrogen (secondary N) is 1. The van der Waals surface area contributed by atoms with Crippen LogP contribution in [-0.4, -0.2) is 19.0 Å². The molecule has 21 heavy (non-hydrogen) atoms. The molecule has 1 N–H and O–H groups in total. The van der Waals surface area contributed by atoms with Crippen LogP contribution in [0.1, 0.15) is 26.3 Å². The van der Waals surface area contributed by atoms with Gasteiger partial charge in [0.1, 0.15) is 0 Å². The highest BCUT2D eigenvalue weighted by Crippen LogP contribution is 2.20. The number of amides is 1. The first-order valence-corrected chi connectivity index (χ1v) is 6.65. The van der Waals surface area contributed by atoms with Crippen LogP contribution in [0.3, 0.4) is 0 Å². The Hall–Kier alpha value is -2.33. The predicted octanol–water partition coefficient (Wildman–Crippen LogP) is 3.69. The van der Waals surface area contributed by atoms with Crippen molar-refractivity contribution in [2.24, 2.45) is 0 Å². The molecule has 5 heteroatoms. The maximum absolute atomic E-state index is 12.2. The number of halogens is 1. The average molecular weight is 304 g/mol. The first kappa shape index (κ1) is 15.1. The number of benzene rings is 2. The standard InChI is InChI=1S/C16H14ClNO3/c1-10-13(16(20)21-2)4-3-5-14(10)18-15(19)11-6-8-12(17)9-7-11/h3-9H,1-2H3,(H,18,19). The van der Waals surface area contributed by atoms with Crippen LogP contribution >= 0.6 is 11.6 Å². The quantitative estimate of drug-likeness (QED) is 0.880. The molecule has 0 unspecified atom stereocenters. The van der Waals surface area contributed by atoms with Gasteiger partial charge in [0.05, 0.1) is 12.7 Å². The molecule has 2 rings (SSSR count).